The van der Waals surface area contributed by atoms with Crippen molar-refractivity contribution in [2.24, 2.45) is 0 Å². The van der Waals surface area contributed by atoms with Crippen molar-refractivity contribution in [2.45, 2.75) is 51.7 Å². The number of anilines is 2. The molecule has 2 rings (SSSR count). The third-order valence-corrected chi connectivity index (χ3v) is 4.24. The van der Waals surface area contributed by atoms with Gasteiger partial charge in [0, 0.05) is 18.6 Å². The minimum Gasteiger partial charge on any atom is -0.444 e. The van der Waals surface area contributed by atoms with Gasteiger partial charge in [0.1, 0.15) is 17.0 Å². The van der Waals surface area contributed by atoms with Gasteiger partial charge in [-0.1, -0.05) is 6.07 Å². The lowest BCUT2D eigenvalue weighted by Gasteiger charge is -2.40. The first-order chi connectivity index (χ1) is 11.5. The number of nitrogens with two attached hydrogens (primary N) is 1. The van der Waals surface area contributed by atoms with Crippen molar-refractivity contribution in [3.05, 3.63) is 28.3 Å². The van der Waals surface area contributed by atoms with E-state index in [0.717, 1.165) is 0 Å². The third-order valence-electron chi connectivity index (χ3n) is 4.24. The summed E-state index contributed by atoms with van der Waals surface area (Å²) < 4.78 is 5.31. The second-order valence-electron chi connectivity index (χ2n) is 7.65. The lowest BCUT2D eigenvalue weighted by atomic mass is 9.89. The van der Waals surface area contributed by atoms with E-state index in [4.69, 9.17) is 10.5 Å². The van der Waals surface area contributed by atoms with E-state index < -0.39 is 22.2 Å². The van der Waals surface area contributed by atoms with E-state index in [0.29, 0.717) is 31.6 Å². The van der Waals surface area contributed by atoms with Crippen molar-refractivity contribution in [3.8, 4) is 0 Å². The van der Waals surface area contributed by atoms with Gasteiger partial charge in [0.05, 0.1) is 4.92 Å². The number of nitrogen functional groups attached to an aromatic ring is 1. The molecule has 1 aromatic carbocycles. The number of piperidine rings is 1. The number of carbonyl (C=O) groups excluding carboxylic acids is 1. The molecule has 1 aromatic rings. The molecule has 1 saturated heterocycles. The molecule has 1 amide bonds. The molecule has 1 aliphatic heterocycles. The largest absolute Gasteiger partial charge is 0.444 e. The summed E-state index contributed by atoms with van der Waals surface area (Å²) in [5, 5.41) is 14.2. The summed E-state index contributed by atoms with van der Waals surface area (Å²) in [4.78, 5) is 24.8. The molecule has 8 nitrogen and oxygen atoms in total. The molecule has 1 aliphatic rings. The van der Waals surface area contributed by atoms with Gasteiger partial charge in [0.15, 0.2) is 0 Å². The van der Waals surface area contributed by atoms with Crippen LogP contribution in [0.25, 0.3) is 0 Å². The Balaban J connectivity index is 2.06. The molecule has 138 valence electrons. The lowest BCUT2D eigenvalue weighted by molar-refractivity contribution is -0.383. The van der Waals surface area contributed by atoms with Crippen LogP contribution in [0.5, 0.6) is 0 Å². The zero-order valence-corrected chi connectivity index (χ0v) is 15.2. The number of hydrogen-bond acceptors (Lipinski definition) is 6. The van der Waals surface area contributed by atoms with E-state index in [-0.39, 0.29) is 11.4 Å². The minimum atomic E-state index is -0.552. The zero-order valence-electron chi connectivity index (χ0n) is 15.2. The van der Waals surface area contributed by atoms with Gasteiger partial charge in [-0.05, 0) is 52.7 Å². The quantitative estimate of drug-likeness (QED) is 0.492. The Hall–Kier alpha value is -2.51. The molecule has 0 radical (unpaired) electrons. The summed E-state index contributed by atoms with van der Waals surface area (Å²) in [7, 11) is 0. The van der Waals surface area contributed by atoms with Crippen molar-refractivity contribution in [1.82, 2.24) is 5.32 Å². The number of ether oxygens (including phenoxy) is 1. The average Bonchev–Trinajstić information content (AvgIpc) is 2.44. The molecule has 0 unspecified atom stereocenters. The van der Waals surface area contributed by atoms with Gasteiger partial charge in [-0.15, -0.1) is 0 Å². The summed E-state index contributed by atoms with van der Waals surface area (Å²) >= 11 is 0. The molecule has 0 aliphatic carbocycles. The van der Waals surface area contributed by atoms with Crippen LogP contribution in [0.1, 0.15) is 40.5 Å². The van der Waals surface area contributed by atoms with Crippen LogP contribution in [0.15, 0.2) is 18.2 Å². The first kappa shape index (κ1) is 18.8. The van der Waals surface area contributed by atoms with E-state index >= 15 is 0 Å². The lowest BCUT2D eigenvalue weighted by Crippen LogP contribution is -2.54. The molecular weight excluding hydrogens is 324 g/mol. The Bertz CT molecular complexity index is 661. The number of nitrogens with one attached hydrogen (secondary N) is 1. The smallest absolute Gasteiger partial charge is 0.408 e. The third kappa shape index (κ3) is 4.74. The first-order valence-electron chi connectivity index (χ1n) is 8.30. The average molecular weight is 350 g/mol. The number of rotatable bonds is 3. The number of alkyl carbamates (subject to hydrolysis) is 1. The first-order valence-corrected chi connectivity index (χ1v) is 8.30. The van der Waals surface area contributed by atoms with Crippen molar-refractivity contribution in [3.63, 3.8) is 0 Å². The van der Waals surface area contributed by atoms with Crippen LogP contribution in [-0.4, -0.2) is 35.2 Å². The number of amides is 1. The number of nitro benzene ring substituents is 1. The summed E-state index contributed by atoms with van der Waals surface area (Å²) in [6.07, 6.45) is 0.856. The van der Waals surface area contributed by atoms with Crippen LogP contribution in [0.3, 0.4) is 0 Å². The van der Waals surface area contributed by atoms with Gasteiger partial charge in [-0.3, -0.25) is 10.1 Å². The van der Waals surface area contributed by atoms with Crippen molar-refractivity contribution in [1.29, 1.82) is 0 Å². The van der Waals surface area contributed by atoms with Crippen molar-refractivity contribution < 1.29 is 14.5 Å². The van der Waals surface area contributed by atoms with Crippen molar-refractivity contribution in [2.75, 3.05) is 23.7 Å². The molecule has 3 N–H and O–H groups in total. The molecule has 0 spiro atoms. The number of para-hydroxylation sites is 1. The van der Waals surface area contributed by atoms with Crippen LogP contribution >= 0.6 is 0 Å². The highest BCUT2D eigenvalue weighted by Gasteiger charge is 2.35. The predicted molar refractivity (Wildman–Crippen MR) is 96.7 cm³/mol. The summed E-state index contributed by atoms with van der Waals surface area (Å²) in [5.41, 5.74) is 5.41. The molecule has 0 aromatic heterocycles. The maximum Gasteiger partial charge on any atom is 0.408 e. The standard InChI is InChI=1S/C17H26N4O4/c1-16(2,3)25-15(22)19-17(4)8-10-20(11-9-17)13-7-5-6-12(18)14(13)21(23)24/h5-7H,8-11,18H2,1-4H3,(H,19,22). The molecular formula is C17H26N4O4. The topological polar surface area (TPSA) is 111 Å². The van der Waals surface area contributed by atoms with E-state index in [9.17, 15) is 14.9 Å². The molecule has 1 heterocycles. The van der Waals surface area contributed by atoms with Crippen molar-refractivity contribution >= 4 is 23.2 Å². The number of nitro groups is 1. The molecule has 0 atom stereocenters. The highest BCUT2D eigenvalue weighted by molar-refractivity contribution is 5.75. The molecule has 8 heteroatoms. The highest BCUT2D eigenvalue weighted by Crippen LogP contribution is 2.36. The number of benzene rings is 1. The fourth-order valence-electron chi connectivity index (χ4n) is 2.92. The Morgan fingerprint density at radius 1 is 1.36 bits per heavy atom. The van der Waals surface area contributed by atoms with Gasteiger partial charge in [0.2, 0.25) is 0 Å². The van der Waals surface area contributed by atoms with Gasteiger partial charge in [0.25, 0.3) is 0 Å². The maximum atomic E-state index is 12.0. The normalized spacial score (nSPS) is 17.0. The Kier molecular flexibility index (Phi) is 5.10. The Morgan fingerprint density at radius 2 is 1.96 bits per heavy atom. The number of nitrogens with zero attached hydrogens (tertiary/aromatic N) is 2. The fraction of sp³-hybridized carbons (Fsp3) is 0.588. The fourth-order valence-corrected chi connectivity index (χ4v) is 2.92. The monoisotopic (exact) mass is 350 g/mol. The minimum absolute atomic E-state index is 0.0637. The van der Waals surface area contributed by atoms with Gasteiger partial charge >= 0.3 is 11.8 Å². The van der Waals surface area contributed by atoms with E-state index in [1.807, 2.05) is 32.6 Å². The molecule has 0 bridgehead atoms. The van der Waals surface area contributed by atoms with Crippen LogP contribution in [0, 0.1) is 10.1 Å². The maximum absolute atomic E-state index is 12.0. The molecule has 1 fully saturated rings. The number of carbonyl (C=O) groups is 1. The van der Waals surface area contributed by atoms with E-state index in [1.54, 1.807) is 12.1 Å². The second kappa shape index (κ2) is 6.78. The Morgan fingerprint density at radius 3 is 2.48 bits per heavy atom. The van der Waals surface area contributed by atoms with Crippen LogP contribution in [0.2, 0.25) is 0 Å². The van der Waals surface area contributed by atoms with E-state index in [1.165, 1.54) is 6.07 Å². The summed E-state index contributed by atoms with van der Waals surface area (Å²) in [6.45, 7) is 8.57. The number of hydrogen-bond donors (Lipinski definition) is 2. The van der Waals surface area contributed by atoms with Gasteiger partial charge in [-0.2, -0.15) is 0 Å². The zero-order chi connectivity index (χ0) is 18.8. The SMILES string of the molecule is CC1(NC(=O)OC(C)(C)C)CCN(c2cccc(N)c2[N+](=O)[O-])CC1. The highest BCUT2D eigenvalue weighted by atomic mass is 16.6. The van der Waals surface area contributed by atoms with Gasteiger partial charge in [-0.25, -0.2) is 4.79 Å². The summed E-state index contributed by atoms with van der Waals surface area (Å²) in [6, 6.07) is 4.95. The molecule has 25 heavy (non-hydrogen) atoms. The van der Waals surface area contributed by atoms with E-state index in [2.05, 4.69) is 5.32 Å². The second-order valence-corrected chi connectivity index (χ2v) is 7.65. The van der Waals surface area contributed by atoms with Crippen LogP contribution in [-0.2, 0) is 4.74 Å². The predicted octanol–water partition coefficient (Wildman–Crippen LogP) is 3.06. The summed E-state index contributed by atoms with van der Waals surface area (Å²) in [5.74, 6) is 0. The van der Waals surface area contributed by atoms with Crippen LogP contribution in [0.4, 0.5) is 21.9 Å². The molecule has 0 saturated carbocycles. The van der Waals surface area contributed by atoms with Gasteiger partial charge < -0.3 is 20.7 Å². The van der Waals surface area contributed by atoms with Crippen LogP contribution < -0.4 is 16.0 Å². The Labute approximate surface area is 147 Å².